The van der Waals surface area contributed by atoms with Crippen LogP contribution in [0.5, 0.6) is 0 Å². The molecule has 0 radical (unpaired) electrons. The van der Waals surface area contributed by atoms with E-state index in [2.05, 4.69) is 15.2 Å². The summed E-state index contributed by atoms with van der Waals surface area (Å²) in [6.45, 7) is 1.99. The number of furan rings is 1. The van der Waals surface area contributed by atoms with Crippen LogP contribution in [0.1, 0.15) is 15.9 Å². The molecule has 0 saturated heterocycles. The van der Waals surface area contributed by atoms with Crippen molar-refractivity contribution in [2.45, 2.75) is 6.92 Å². The van der Waals surface area contributed by atoms with E-state index < -0.39 is 5.97 Å². The van der Waals surface area contributed by atoms with Crippen molar-refractivity contribution in [3.63, 3.8) is 0 Å². The first-order chi connectivity index (χ1) is 13.6. The van der Waals surface area contributed by atoms with Crippen LogP contribution in [0.4, 0.5) is 0 Å². The van der Waals surface area contributed by atoms with Crippen LogP contribution in [0.3, 0.4) is 0 Å². The highest BCUT2D eigenvalue weighted by molar-refractivity contribution is 6.13. The highest BCUT2D eigenvalue weighted by Crippen LogP contribution is 2.30. The van der Waals surface area contributed by atoms with Crippen LogP contribution < -0.4 is 0 Å². The quantitative estimate of drug-likeness (QED) is 0.511. The summed E-state index contributed by atoms with van der Waals surface area (Å²) in [7, 11) is 0. The van der Waals surface area contributed by atoms with Gasteiger partial charge in [0.1, 0.15) is 16.7 Å². The summed E-state index contributed by atoms with van der Waals surface area (Å²) in [6.07, 6.45) is 1.53. The third kappa shape index (κ3) is 2.52. The number of carboxylic acid groups (broad SMARTS) is 1. The van der Waals surface area contributed by atoms with E-state index in [0.29, 0.717) is 33.4 Å². The Morgan fingerprint density at radius 1 is 1.04 bits per heavy atom. The molecule has 5 aromatic rings. The first-order valence-corrected chi connectivity index (χ1v) is 8.65. The van der Waals surface area contributed by atoms with E-state index in [9.17, 15) is 9.90 Å². The number of carbonyl (C=O) groups is 1. The van der Waals surface area contributed by atoms with Crippen LogP contribution in [0.15, 0.2) is 65.3 Å². The third-order valence-corrected chi connectivity index (χ3v) is 4.56. The molecule has 0 bridgehead atoms. The lowest BCUT2D eigenvalue weighted by Gasteiger charge is -2.05. The first kappa shape index (κ1) is 16.2. The molecule has 0 atom stereocenters. The van der Waals surface area contributed by atoms with Crippen molar-refractivity contribution in [3.8, 4) is 17.1 Å². The number of aromatic nitrogens is 4. The molecule has 0 unspecified atom stereocenters. The SMILES string of the molecule is Cc1cccc(-n2nc3ccc4nc(-c5ccco5)cc(C(=O)O)c4c3n2)c1. The number of fused-ring (bicyclic) bond motifs is 3. The average molecular weight is 370 g/mol. The first-order valence-electron chi connectivity index (χ1n) is 8.65. The van der Waals surface area contributed by atoms with Gasteiger partial charge in [-0.2, -0.15) is 4.80 Å². The number of carboxylic acids is 1. The second-order valence-corrected chi connectivity index (χ2v) is 6.49. The monoisotopic (exact) mass is 370 g/mol. The molecule has 0 aliphatic rings. The molecule has 3 aromatic heterocycles. The molecule has 0 aliphatic carbocycles. The maximum absolute atomic E-state index is 12.0. The number of benzene rings is 2. The molecule has 0 amide bonds. The minimum Gasteiger partial charge on any atom is -0.478 e. The van der Waals surface area contributed by atoms with Gasteiger partial charge in [-0.05, 0) is 55.0 Å². The smallest absolute Gasteiger partial charge is 0.336 e. The number of nitrogens with zero attached hydrogens (tertiary/aromatic N) is 4. The zero-order chi connectivity index (χ0) is 19.3. The average Bonchev–Trinajstić information content (AvgIpc) is 3.36. The molecule has 2 aromatic carbocycles. The standard InChI is InChI=1S/C21H14N4O3/c1-12-4-2-5-13(10-12)25-23-16-8-7-15-19(20(16)24-25)14(21(26)27)11-17(22-15)18-6-3-9-28-18/h2-11H,1H3,(H,26,27). The van der Waals surface area contributed by atoms with Crippen molar-refractivity contribution < 1.29 is 14.3 Å². The van der Waals surface area contributed by atoms with Crippen LogP contribution in [0.2, 0.25) is 0 Å². The highest BCUT2D eigenvalue weighted by Gasteiger charge is 2.19. The largest absolute Gasteiger partial charge is 0.478 e. The molecule has 7 nitrogen and oxygen atoms in total. The van der Waals surface area contributed by atoms with Crippen LogP contribution in [-0.2, 0) is 0 Å². The second kappa shape index (κ2) is 6.02. The predicted octanol–water partition coefficient (Wildman–Crippen LogP) is 4.24. The Kier molecular flexibility index (Phi) is 3.48. The van der Waals surface area contributed by atoms with Gasteiger partial charge in [-0.15, -0.1) is 10.2 Å². The van der Waals surface area contributed by atoms with Gasteiger partial charge in [0.25, 0.3) is 0 Å². The fraction of sp³-hybridized carbons (Fsp3) is 0.0476. The Morgan fingerprint density at radius 2 is 1.89 bits per heavy atom. The molecule has 0 spiro atoms. The summed E-state index contributed by atoms with van der Waals surface area (Å²) >= 11 is 0. The Bertz CT molecular complexity index is 1350. The topological polar surface area (TPSA) is 94.0 Å². The molecule has 3 heterocycles. The van der Waals surface area contributed by atoms with Gasteiger partial charge in [0.15, 0.2) is 5.76 Å². The summed E-state index contributed by atoms with van der Waals surface area (Å²) in [5, 5.41) is 19.3. The van der Waals surface area contributed by atoms with E-state index in [1.807, 2.05) is 31.2 Å². The highest BCUT2D eigenvalue weighted by atomic mass is 16.4. The normalized spacial score (nSPS) is 11.3. The Balaban J connectivity index is 1.80. The van der Waals surface area contributed by atoms with Gasteiger partial charge in [-0.25, -0.2) is 9.78 Å². The van der Waals surface area contributed by atoms with Crippen molar-refractivity contribution in [2.75, 3.05) is 0 Å². The molecule has 28 heavy (non-hydrogen) atoms. The molecule has 0 saturated carbocycles. The summed E-state index contributed by atoms with van der Waals surface area (Å²) in [5.74, 6) is -0.550. The van der Waals surface area contributed by atoms with Gasteiger partial charge in [0, 0.05) is 5.39 Å². The van der Waals surface area contributed by atoms with E-state index in [1.165, 1.54) is 17.1 Å². The lowest BCUT2D eigenvalue weighted by atomic mass is 10.1. The molecule has 1 N–H and O–H groups in total. The molecule has 0 aliphatic heterocycles. The number of hydrogen-bond acceptors (Lipinski definition) is 5. The van der Waals surface area contributed by atoms with Crippen LogP contribution in [0, 0.1) is 6.92 Å². The number of hydrogen-bond donors (Lipinski definition) is 1. The Morgan fingerprint density at radius 3 is 2.64 bits per heavy atom. The molecule has 5 rings (SSSR count). The Labute approximate surface area is 158 Å². The van der Waals surface area contributed by atoms with Gasteiger partial charge in [-0.3, -0.25) is 0 Å². The number of aryl methyl sites for hydroxylation is 1. The summed E-state index contributed by atoms with van der Waals surface area (Å²) < 4.78 is 5.38. The van der Waals surface area contributed by atoms with Crippen molar-refractivity contribution in [2.24, 2.45) is 0 Å². The summed E-state index contributed by atoms with van der Waals surface area (Å²) in [4.78, 5) is 18.1. The van der Waals surface area contributed by atoms with Crippen LogP contribution >= 0.6 is 0 Å². The maximum atomic E-state index is 12.0. The second-order valence-electron chi connectivity index (χ2n) is 6.49. The van der Waals surface area contributed by atoms with E-state index >= 15 is 0 Å². The van der Waals surface area contributed by atoms with Crippen molar-refractivity contribution in [1.29, 1.82) is 0 Å². The zero-order valence-electron chi connectivity index (χ0n) is 14.8. The summed E-state index contributed by atoms with van der Waals surface area (Å²) in [6, 6.07) is 16.3. The fourth-order valence-electron chi connectivity index (χ4n) is 3.29. The fourth-order valence-corrected chi connectivity index (χ4v) is 3.29. The minimum absolute atomic E-state index is 0.110. The van der Waals surface area contributed by atoms with Crippen LogP contribution in [-0.4, -0.2) is 31.1 Å². The van der Waals surface area contributed by atoms with Crippen LogP contribution in [0.25, 0.3) is 39.1 Å². The van der Waals surface area contributed by atoms with Crippen molar-refractivity contribution in [1.82, 2.24) is 20.0 Å². The number of pyridine rings is 1. The van der Waals surface area contributed by atoms with Gasteiger partial charge < -0.3 is 9.52 Å². The molecular weight excluding hydrogens is 356 g/mol. The van der Waals surface area contributed by atoms with Gasteiger partial charge in [0.05, 0.1) is 23.0 Å². The van der Waals surface area contributed by atoms with Crippen molar-refractivity contribution >= 4 is 27.9 Å². The third-order valence-electron chi connectivity index (χ3n) is 4.56. The maximum Gasteiger partial charge on any atom is 0.336 e. The van der Waals surface area contributed by atoms with E-state index in [-0.39, 0.29) is 5.56 Å². The molecule has 7 heteroatoms. The van der Waals surface area contributed by atoms with Gasteiger partial charge >= 0.3 is 5.97 Å². The van der Waals surface area contributed by atoms with Gasteiger partial charge in [0.2, 0.25) is 0 Å². The predicted molar refractivity (Wildman–Crippen MR) is 104 cm³/mol. The van der Waals surface area contributed by atoms with Gasteiger partial charge in [-0.1, -0.05) is 12.1 Å². The zero-order valence-corrected chi connectivity index (χ0v) is 14.8. The lowest BCUT2D eigenvalue weighted by Crippen LogP contribution is -2.01. The van der Waals surface area contributed by atoms with Crippen molar-refractivity contribution in [3.05, 3.63) is 72.0 Å². The number of rotatable bonds is 3. The minimum atomic E-state index is -1.06. The Hall–Kier alpha value is -4.00. The van der Waals surface area contributed by atoms with E-state index in [4.69, 9.17) is 4.42 Å². The lowest BCUT2D eigenvalue weighted by molar-refractivity contribution is 0.0699. The molecule has 0 fully saturated rings. The van der Waals surface area contributed by atoms with E-state index in [1.54, 1.807) is 24.3 Å². The number of aromatic carboxylic acids is 1. The molecule has 136 valence electrons. The molecular formula is C21H14N4O3. The van der Waals surface area contributed by atoms with E-state index in [0.717, 1.165) is 11.3 Å². The summed E-state index contributed by atoms with van der Waals surface area (Å²) in [5.41, 5.74) is 4.08.